The number of hydrogen-bond acceptors (Lipinski definition) is 3. The minimum absolute atomic E-state index is 0.226. The quantitative estimate of drug-likeness (QED) is 0.657. The molecule has 0 aliphatic heterocycles. The topological polar surface area (TPSA) is 46.0 Å². The molecule has 0 aliphatic rings. The Hall–Kier alpha value is -0.960. The van der Waals surface area contributed by atoms with Gasteiger partial charge in [-0.15, -0.1) is 0 Å². The van der Waals surface area contributed by atoms with Gasteiger partial charge in [0.25, 0.3) is 0 Å². The number of nitrogens with zero attached hydrogens (tertiary/aromatic N) is 2. The molecule has 0 saturated heterocycles. The van der Waals surface area contributed by atoms with Gasteiger partial charge in [0.2, 0.25) is 0 Å². The number of aromatic nitrogens is 2. The summed E-state index contributed by atoms with van der Waals surface area (Å²) in [5.74, 6) is 0. The summed E-state index contributed by atoms with van der Waals surface area (Å²) < 4.78 is 0. The molecule has 0 unspecified atom stereocenters. The first kappa shape index (κ1) is 7.15. The van der Waals surface area contributed by atoms with Gasteiger partial charge in [-0.1, -0.05) is 0 Å². The van der Waals surface area contributed by atoms with Crippen LogP contribution < -0.4 is 0 Å². The summed E-state index contributed by atoms with van der Waals surface area (Å²) >= 11 is 0. The smallest absolute Gasteiger partial charge is 0.115 e. The van der Waals surface area contributed by atoms with Crippen molar-refractivity contribution in [3.8, 4) is 0 Å². The van der Waals surface area contributed by atoms with E-state index in [-0.39, 0.29) is 6.61 Å². The molecule has 1 heterocycles. The third-order valence-electron chi connectivity index (χ3n) is 1.23. The monoisotopic (exact) mass is 138 g/mol. The Kier molecular flexibility index (Phi) is 2.83. The van der Waals surface area contributed by atoms with E-state index in [4.69, 9.17) is 5.11 Å². The Morgan fingerprint density at radius 1 is 1.50 bits per heavy atom. The van der Waals surface area contributed by atoms with Gasteiger partial charge in [0.1, 0.15) is 6.33 Å². The lowest BCUT2D eigenvalue weighted by Crippen LogP contribution is -1.92. The van der Waals surface area contributed by atoms with E-state index in [9.17, 15) is 0 Å². The molecule has 0 spiro atoms. The summed E-state index contributed by atoms with van der Waals surface area (Å²) in [7, 11) is 0. The molecule has 0 aliphatic carbocycles. The van der Waals surface area contributed by atoms with E-state index >= 15 is 0 Å². The van der Waals surface area contributed by atoms with Crippen molar-refractivity contribution in [1.29, 1.82) is 0 Å². The number of aliphatic hydroxyl groups is 1. The van der Waals surface area contributed by atoms with Crippen molar-refractivity contribution in [3.05, 3.63) is 24.3 Å². The average molecular weight is 138 g/mol. The van der Waals surface area contributed by atoms with Gasteiger partial charge in [-0.3, -0.25) is 0 Å². The molecule has 0 bridgehead atoms. The first-order valence-electron chi connectivity index (χ1n) is 3.29. The number of rotatable bonds is 3. The molecule has 0 saturated carbocycles. The molecule has 1 N–H and O–H groups in total. The molecule has 0 atom stereocenters. The second-order valence-corrected chi connectivity index (χ2v) is 2.03. The zero-order valence-electron chi connectivity index (χ0n) is 5.70. The van der Waals surface area contributed by atoms with Crippen LogP contribution in [0, 0.1) is 0 Å². The molecule has 0 fully saturated rings. The predicted molar refractivity (Wildman–Crippen MR) is 37.4 cm³/mol. The van der Waals surface area contributed by atoms with Crippen molar-refractivity contribution >= 4 is 0 Å². The zero-order valence-corrected chi connectivity index (χ0v) is 5.70. The molecule has 0 amide bonds. The fourth-order valence-electron chi connectivity index (χ4n) is 0.726. The first-order chi connectivity index (χ1) is 4.93. The predicted octanol–water partition coefficient (Wildman–Crippen LogP) is 0.401. The molecule has 10 heavy (non-hydrogen) atoms. The molecular formula is C7H10N2O. The maximum absolute atomic E-state index is 8.48. The third kappa shape index (κ3) is 2.11. The molecule has 0 radical (unpaired) electrons. The van der Waals surface area contributed by atoms with Gasteiger partial charge in [-0.05, 0) is 18.9 Å². The van der Waals surface area contributed by atoms with Crippen LogP contribution in [0.25, 0.3) is 0 Å². The molecule has 54 valence electrons. The highest BCUT2D eigenvalue weighted by molar-refractivity contribution is 4.97. The van der Waals surface area contributed by atoms with Gasteiger partial charge >= 0.3 is 0 Å². The summed E-state index contributed by atoms with van der Waals surface area (Å²) in [5.41, 5.74) is 0.990. The Bertz CT molecular complexity index is 176. The Morgan fingerprint density at radius 2 is 2.40 bits per heavy atom. The van der Waals surface area contributed by atoms with Gasteiger partial charge < -0.3 is 5.11 Å². The van der Waals surface area contributed by atoms with Crippen LogP contribution in [0.5, 0.6) is 0 Å². The van der Waals surface area contributed by atoms with E-state index in [1.54, 1.807) is 6.20 Å². The zero-order chi connectivity index (χ0) is 7.23. The highest BCUT2D eigenvalue weighted by Gasteiger charge is 1.90. The summed E-state index contributed by atoms with van der Waals surface area (Å²) in [6.45, 7) is 0.226. The third-order valence-corrected chi connectivity index (χ3v) is 1.23. The lowest BCUT2D eigenvalue weighted by Gasteiger charge is -1.94. The summed E-state index contributed by atoms with van der Waals surface area (Å²) in [6.07, 6.45) is 4.84. The fraction of sp³-hybridized carbons (Fsp3) is 0.429. The van der Waals surface area contributed by atoms with Crippen LogP contribution in [0.2, 0.25) is 0 Å². The Balaban J connectivity index is 2.43. The van der Waals surface area contributed by atoms with Crippen LogP contribution in [-0.2, 0) is 6.42 Å². The fourth-order valence-corrected chi connectivity index (χ4v) is 0.726. The van der Waals surface area contributed by atoms with E-state index in [0.717, 1.165) is 18.5 Å². The van der Waals surface area contributed by atoms with Crippen molar-refractivity contribution < 1.29 is 5.11 Å². The second-order valence-electron chi connectivity index (χ2n) is 2.03. The van der Waals surface area contributed by atoms with Crippen LogP contribution in [0.15, 0.2) is 18.6 Å². The number of aryl methyl sites for hydroxylation is 1. The highest BCUT2D eigenvalue weighted by Crippen LogP contribution is 1.94. The summed E-state index contributed by atoms with van der Waals surface area (Å²) in [6, 6.07) is 1.86. The van der Waals surface area contributed by atoms with Gasteiger partial charge in [-0.2, -0.15) is 0 Å². The average Bonchev–Trinajstić information content (AvgIpc) is 2.03. The Labute approximate surface area is 59.8 Å². The molecule has 1 aromatic rings. The summed E-state index contributed by atoms with van der Waals surface area (Å²) in [5, 5.41) is 8.48. The van der Waals surface area contributed by atoms with Crippen molar-refractivity contribution in [2.75, 3.05) is 6.61 Å². The van der Waals surface area contributed by atoms with E-state index in [0.29, 0.717) is 0 Å². The molecule has 3 heteroatoms. The standard InChI is InChI=1S/C7H10N2O/c10-5-1-2-7-3-4-8-6-9-7/h3-4,6,10H,1-2,5H2. The van der Waals surface area contributed by atoms with Crippen LogP contribution >= 0.6 is 0 Å². The largest absolute Gasteiger partial charge is 0.396 e. The highest BCUT2D eigenvalue weighted by atomic mass is 16.2. The molecular weight excluding hydrogens is 128 g/mol. The van der Waals surface area contributed by atoms with Crippen molar-refractivity contribution in [2.45, 2.75) is 12.8 Å². The Morgan fingerprint density at radius 3 is 3.00 bits per heavy atom. The van der Waals surface area contributed by atoms with E-state index in [1.807, 2.05) is 6.07 Å². The maximum Gasteiger partial charge on any atom is 0.115 e. The second kappa shape index (κ2) is 3.95. The van der Waals surface area contributed by atoms with Crippen molar-refractivity contribution in [1.82, 2.24) is 9.97 Å². The lowest BCUT2D eigenvalue weighted by molar-refractivity contribution is 0.288. The first-order valence-corrected chi connectivity index (χ1v) is 3.29. The molecule has 1 rings (SSSR count). The molecule has 1 aromatic heterocycles. The molecule has 3 nitrogen and oxygen atoms in total. The minimum atomic E-state index is 0.226. The summed E-state index contributed by atoms with van der Waals surface area (Å²) in [4.78, 5) is 7.77. The maximum atomic E-state index is 8.48. The van der Waals surface area contributed by atoms with Crippen LogP contribution in [0.1, 0.15) is 12.1 Å². The van der Waals surface area contributed by atoms with Gasteiger partial charge in [-0.25, -0.2) is 9.97 Å². The lowest BCUT2D eigenvalue weighted by atomic mass is 10.2. The van der Waals surface area contributed by atoms with E-state index in [2.05, 4.69) is 9.97 Å². The number of aliphatic hydroxyl groups excluding tert-OH is 1. The van der Waals surface area contributed by atoms with Gasteiger partial charge in [0.05, 0.1) is 0 Å². The van der Waals surface area contributed by atoms with Crippen LogP contribution in [0.4, 0.5) is 0 Å². The van der Waals surface area contributed by atoms with Crippen molar-refractivity contribution in [2.24, 2.45) is 0 Å². The minimum Gasteiger partial charge on any atom is -0.396 e. The van der Waals surface area contributed by atoms with E-state index in [1.165, 1.54) is 6.33 Å². The van der Waals surface area contributed by atoms with Crippen LogP contribution in [0.3, 0.4) is 0 Å². The van der Waals surface area contributed by atoms with E-state index < -0.39 is 0 Å². The SMILES string of the molecule is OCCCc1ccncn1. The van der Waals surface area contributed by atoms with Gasteiger partial charge in [0, 0.05) is 18.5 Å². The van der Waals surface area contributed by atoms with Crippen LogP contribution in [-0.4, -0.2) is 21.7 Å². The van der Waals surface area contributed by atoms with Crippen molar-refractivity contribution in [3.63, 3.8) is 0 Å². The molecule has 0 aromatic carbocycles. The van der Waals surface area contributed by atoms with Gasteiger partial charge in [0.15, 0.2) is 0 Å². The normalized spacial score (nSPS) is 9.70. The number of hydrogen-bond donors (Lipinski definition) is 1.